The number of hydrogen-bond acceptors (Lipinski definition) is 2. The molecule has 3 nitrogen and oxygen atoms in total. The van der Waals surface area contributed by atoms with E-state index in [9.17, 15) is 4.79 Å². The quantitative estimate of drug-likeness (QED) is 0.519. The van der Waals surface area contributed by atoms with E-state index in [4.69, 9.17) is 0 Å². The van der Waals surface area contributed by atoms with Crippen molar-refractivity contribution in [2.45, 2.75) is 12.8 Å². The maximum atomic E-state index is 11.6. The van der Waals surface area contributed by atoms with Crippen LogP contribution in [-0.2, 0) is 4.79 Å². The van der Waals surface area contributed by atoms with Crippen molar-refractivity contribution in [2.24, 2.45) is 11.0 Å². The molecule has 1 amide bonds. The van der Waals surface area contributed by atoms with Gasteiger partial charge < -0.3 is 0 Å². The second-order valence-corrected chi connectivity index (χ2v) is 5.06. The number of amides is 1. The Hall–Kier alpha value is -1.42. The molecule has 88 valence electrons. The fourth-order valence-corrected chi connectivity index (χ4v) is 2.09. The molecule has 1 aromatic carbocycles. The van der Waals surface area contributed by atoms with Gasteiger partial charge in [-0.15, -0.1) is 0 Å². The topological polar surface area (TPSA) is 41.5 Å². The summed E-state index contributed by atoms with van der Waals surface area (Å²) in [7, 11) is 0. The van der Waals surface area contributed by atoms with E-state index < -0.39 is 0 Å². The van der Waals surface area contributed by atoms with Crippen LogP contribution in [0.15, 0.2) is 46.0 Å². The number of rotatable bonds is 3. The summed E-state index contributed by atoms with van der Waals surface area (Å²) < 4.78 is 0.989. The molecule has 0 bridgehead atoms. The summed E-state index contributed by atoms with van der Waals surface area (Å²) in [6, 6.07) is 7.71. The average molecular weight is 293 g/mol. The van der Waals surface area contributed by atoms with Crippen LogP contribution in [0.4, 0.5) is 0 Å². The van der Waals surface area contributed by atoms with Crippen molar-refractivity contribution >= 4 is 28.1 Å². The molecule has 0 unspecified atom stereocenters. The van der Waals surface area contributed by atoms with Gasteiger partial charge in [0.25, 0.3) is 0 Å². The fraction of sp³-hybridized carbons (Fsp3) is 0.231. The molecule has 17 heavy (non-hydrogen) atoms. The summed E-state index contributed by atoms with van der Waals surface area (Å²) in [5.74, 6) is 0.0332. The highest BCUT2D eigenvalue weighted by Crippen LogP contribution is 2.31. The molecule has 0 aliphatic heterocycles. The average Bonchev–Trinajstić information content (AvgIpc) is 2.25. The largest absolute Gasteiger partial charge is 0.273 e. The number of nitrogens with one attached hydrogen (secondary N) is 1. The lowest BCUT2D eigenvalue weighted by Crippen LogP contribution is -2.32. The van der Waals surface area contributed by atoms with Crippen molar-refractivity contribution in [1.82, 2.24) is 5.43 Å². The lowest BCUT2D eigenvalue weighted by atomic mass is 9.81. The van der Waals surface area contributed by atoms with Crippen LogP contribution < -0.4 is 5.43 Å². The number of benzene rings is 1. The first-order valence-corrected chi connectivity index (χ1v) is 6.19. The Morgan fingerprint density at radius 2 is 2.29 bits per heavy atom. The van der Waals surface area contributed by atoms with Gasteiger partial charge in [0.2, 0.25) is 5.91 Å². The Balaban J connectivity index is 1.85. The minimum Gasteiger partial charge on any atom is -0.273 e. The molecular formula is C13H13BrN2O. The third-order valence-electron chi connectivity index (χ3n) is 2.68. The van der Waals surface area contributed by atoms with Crippen molar-refractivity contribution in [3.05, 3.63) is 46.5 Å². The van der Waals surface area contributed by atoms with Crippen LogP contribution >= 0.6 is 15.9 Å². The van der Waals surface area contributed by atoms with Crippen LogP contribution in [0.2, 0.25) is 0 Å². The van der Waals surface area contributed by atoms with Crippen molar-refractivity contribution in [2.75, 3.05) is 0 Å². The number of hydrazone groups is 1. The van der Waals surface area contributed by atoms with Crippen LogP contribution in [-0.4, -0.2) is 12.1 Å². The molecule has 0 spiro atoms. The van der Waals surface area contributed by atoms with Gasteiger partial charge in [-0.3, -0.25) is 4.79 Å². The smallest absolute Gasteiger partial charge is 0.243 e. The number of allylic oxidation sites excluding steroid dienone is 1. The van der Waals surface area contributed by atoms with E-state index in [0.717, 1.165) is 28.5 Å². The van der Waals surface area contributed by atoms with Crippen LogP contribution in [0.25, 0.3) is 0 Å². The lowest BCUT2D eigenvalue weighted by Gasteiger charge is -2.25. The van der Waals surface area contributed by atoms with Crippen LogP contribution in [0.3, 0.4) is 0 Å². The van der Waals surface area contributed by atoms with Crippen molar-refractivity contribution in [1.29, 1.82) is 0 Å². The predicted octanol–water partition coefficient (Wildman–Crippen LogP) is 2.87. The van der Waals surface area contributed by atoms with E-state index in [1.54, 1.807) is 6.21 Å². The lowest BCUT2D eigenvalue weighted by molar-refractivity contribution is -0.126. The highest BCUT2D eigenvalue weighted by Gasteiger charge is 2.27. The maximum absolute atomic E-state index is 11.6. The zero-order valence-electron chi connectivity index (χ0n) is 9.32. The normalized spacial score (nSPS) is 15.9. The van der Waals surface area contributed by atoms with Crippen molar-refractivity contribution in [3.8, 4) is 0 Å². The molecule has 0 saturated heterocycles. The molecule has 0 atom stereocenters. The second-order valence-electron chi connectivity index (χ2n) is 4.14. The fourth-order valence-electron chi connectivity index (χ4n) is 1.67. The zero-order chi connectivity index (χ0) is 12.3. The highest BCUT2D eigenvalue weighted by atomic mass is 79.9. The molecule has 0 radical (unpaired) electrons. The number of nitrogens with zero attached hydrogens (tertiary/aromatic N) is 1. The van der Waals surface area contributed by atoms with E-state index in [1.807, 2.05) is 24.3 Å². The third-order valence-corrected chi connectivity index (χ3v) is 3.17. The standard InChI is InChI=1S/C13H13BrN2O/c1-9-5-11(6-9)13(17)16-15-8-10-3-2-4-12(14)7-10/h2-4,7-8,11H,1,5-6H2,(H,16,17)/b15-8-. The van der Waals surface area contributed by atoms with Gasteiger partial charge in [0, 0.05) is 10.4 Å². The van der Waals surface area contributed by atoms with Gasteiger partial charge in [0.15, 0.2) is 0 Å². The van der Waals surface area contributed by atoms with Crippen LogP contribution in [0.5, 0.6) is 0 Å². The van der Waals surface area contributed by atoms with Gasteiger partial charge in [-0.05, 0) is 30.5 Å². The van der Waals surface area contributed by atoms with E-state index in [2.05, 4.69) is 33.0 Å². The number of carbonyl (C=O) groups excluding carboxylic acids is 1. The number of carbonyl (C=O) groups is 1. The first-order valence-electron chi connectivity index (χ1n) is 5.40. The predicted molar refractivity (Wildman–Crippen MR) is 71.7 cm³/mol. The second kappa shape index (κ2) is 5.27. The summed E-state index contributed by atoms with van der Waals surface area (Å²) in [5, 5.41) is 3.94. The molecule has 4 heteroatoms. The molecule has 2 rings (SSSR count). The van der Waals surface area contributed by atoms with Gasteiger partial charge in [-0.2, -0.15) is 5.10 Å². The Morgan fingerprint density at radius 1 is 1.53 bits per heavy atom. The highest BCUT2D eigenvalue weighted by molar-refractivity contribution is 9.10. The first-order chi connectivity index (χ1) is 8.15. The summed E-state index contributed by atoms with van der Waals surface area (Å²) in [6.07, 6.45) is 3.21. The minimum atomic E-state index is -0.0244. The number of halogens is 1. The van der Waals surface area contributed by atoms with E-state index in [0.29, 0.717) is 0 Å². The van der Waals surface area contributed by atoms with Gasteiger partial charge in [0.05, 0.1) is 6.21 Å². The Labute approximate surface area is 109 Å². The summed E-state index contributed by atoms with van der Waals surface area (Å²) in [5.41, 5.74) is 4.63. The maximum Gasteiger partial charge on any atom is 0.243 e. The SMILES string of the molecule is C=C1CC(C(=O)N/N=C\c2cccc(Br)c2)C1. The van der Waals surface area contributed by atoms with E-state index in [-0.39, 0.29) is 11.8 Å². The molecule has 1 aliphatic carbocycles. The van der Waals surface area contributed by atoms with Gasteiger partial charge >= 0.3 is 0 Å². The molecule has 0 heterocycles. The van der Waals surface area contributed by atoms with Gasteiger partial charge in [0.1, 0.15) is 0 Å². The van der Waals surface area contributed by atoms with Crippen molar-refractivity contribution in [3.63, 3.8) is 0 Å². The van der Waals surface area contributed by atoms with Crippen molar-refractivity contribution < 1.29 is 4.79 Å². The molecule has 1 aromatic rings. The third kappa shape index (κ3) is 3.27. The molecule has 1 fully saturated rings. The summed E-state index contributed by atoms with van der Waals surface area (Å²) >= 11 is 3.37. The Morgan fingerprint density at radius 3 is 2.94 bits per heavy atom. The van der Waals surface area contributed by atoms with Crippen LogP contribution in [0, 0.1) is 5.92 Å². The molecule has 0 aromatic heterocycles. The van der Waals surface area contributed by atoms with Gasteiger partial charge in [-0.25, -0.2) is 5.43 Å². The van der Waals surface area contributed by atoms with E-state index >= 15 is 0 Å². The number of hydrogen-bond donors (Lipinski definition) is 1. The summed E-state index contributed by atoms with van der Waals surface area (Å²) in [4.78, 5) is 11.6. The van der Waals surface area contributed by atoms with E-state index in [1.165, 1.54) is 0 Å². The Kier molecular flexibility index (Phi) is 3.74. The Bertz CT molecular complexity index is 474. The summed E-state index contributed by atoms with van der Waals surface area (Å²) in [6.45, 7) is 3.81. The molecule has 1 aliphatic rings. The molecule has 1 N–H and O–H groups in total. The van der Waals surface area contributed by atoms with Crippen LogP contribution in [0.1, 0.15) is 18.4 Å². The molecule has 1 saturated carbocycles. The van der Waals surface area contributed by atoms with Gasteiger partial charge in [-0.1, -0.05) is 40.2 Å². The zero-order valence-corrected chi connectivity index (χ0v) is 10.9. The first kappa shape index (κ1) is 12.0. The monoisotopic (exact) mass is 292 g/mol. The minimum absolute atomic E-state index is 0.0244. The molecular weight excluding hydrogens is 280 g/mol.